The molecule has 86 valence electrons. The molecule has 6 heteroatoms. The Morgan fingerprint density at radius 2 is 2.40 bits per heavy atom. The van der Waals surface area contributed by atoms with E-state index in [2.05, 4.69) is 20.8 Å². The third-order valence-corrected chi connectivity index (χ3v) is 2.58. The number of aromatic nitrogens is 3. The van der Waals surface area contributed by atoms with Crippen molar-refractivity contribution in [1.29, 1.82) is 0 Å². The van der Waals surface area contributed by atoms with E-state index in [1.54, 1.807) is 13.3 Å². The van der Waals surface area contributed by atoms with Crippen LogP contribution < -0.4 is 11.3 Å². The van der Waals surface area contributed by atoms with Crippen LogP contribution in [0.1, 0.15) is 38.4 Å². The molecule has 0 aliphatic rings. The Labute approximate surface area is 89.5 Å². The second-order valence-electron chi connectivity index (χ2n) is 4.12. The fraction of sp³-hybridized carbons (Fsp3) is 0.778. The molecular formula is C9H19N5O. The van der Waals surface area contributed by atoms with E-state index in [9.17, 15) is 0 Å². The number of hydrogen-bond donors (Lipinski definition) is 3. The maximum absolute atomic E-state index is 5.46. The van der Waals surface area contributed by atoms with Gasteiger partial charge < -0.3 is 4.74 Å². The van der Waals surface area contributed by atoms with Gasteiger partial charge in [0, 0.05) is 7.11 Å². The van der Waals surface area contributed by atoms with Crippen molar-refractivity contribution in [1.82, 2.24) is 20.8 Å². The number of nitrogens with two attached hydrogens (primary N) is 1. The summed E-state index contributed by atoms with van der Waals surface area (Å²) in [4.78, 5) is 0. The van der Waals surface area contributed by atoms with Gasteiger partial charge in [-0.2, -0.15) is 15.4 Å². The van der Waals surface area contributed by atoms with Gasteiger partial charge in [0.2, 0.25) is 0 Å². The molecule has 0 radical (unpaired) electrons. The summed E-state index contributed by atoms with van der Waals surface area (Å²) in [7, 11) is 1.71. The number of ether oxygens (including phenoxy) is 1. The number of aromatic amines is 1. The van der Waals surface area contributed by atoms with Crippen molar-refractivity contribution in [2.45, 2.75) is 38.3 Å². The largest absolute Gasteiger partial charge is 0.379 e. The minimum atomic E-state index is -0.140. The van der Waals surface area contributed by atoms with Gasteiger partial charge in [-0.3, -0.25) is 11.3 Å². The highest BCUT2D eigenvalue weighted by Gasteiger charge is 2.20. The Morgan fingerprint density at radius 3 is 2.87 bits per heavy atom. The zero-order valence-electron chi connectivity index (χ0n) is 9.45. The van der Waals surface area contributed by atoms with Gasteiger partial charge in [-0.25, -0.2) is 0 Å². The maximum atomic E-state index is 5.46. The predicted octanol–water partition coefficient (Wildman–Crippen LogP) is 0.514. The lowest BCUT2D eigenvalue weighted by Crippen LogP contribution is -2.31. The summed E-state index contributed by atoms with van der Waals surface area (Å²) in [6, 6.07) is 0.0122. The molecule has 15 heavy (non-hydrogen) atoms. The third-order valence-electron chi connectivity index (χ3n) is 2.58. The summed E-state index contributed by atoms with van der Waals surface area (Å²) in [6.07, 6.45) is 3.42. The molecule has 0 aliphatic carbocycles. The number of H-pyrrole nitrogens is 1. The minimum Gasteiger partial charge on any atom is -0.379 e. The Bertz CT molecular complexity index is 272. The molecule has 0 aromatic carbocycles. The van der Waals surface area contributed by atoms with E-state index in [1.807, 2.05) is 13.8 Å². The zero-order valence-corrected chi connectivity index (χ0v) is 9.45. The van der Waals surface area contributed by atoms with E-state index in [4.69, 9.17) is 10.6 Å². The van der Waals surface area contributed by atoms with Crippen LogP contribution in [0.4, 0.5) is 0 Å². The smallest absolute Gasteiger partial charge is 0.101 e. The van der Waals surface area contributed by atoms with E-state index in [-0.39, 0.29) is 11.6 Å². The van der Waals surface area contributed by atoms with Crippen LogP contribution in [0.2, 0.25) is 0 Å². The Hall–Kier alpha value is -0.980. The summed E-state index contributed by atoms with van der Waals surface area (Å²) in [6.45, 7) is 4.09. The molecule has 0 saturated heterocycles. The van der Waals surface area contributed by atoms with Crippen molar-refractivity contribution in [2.75, 3.05) is 7.11 Å². The number of nitrogens with zero attached hydrogens (tertiary/aromatic N) is 2. The Kier molecular flexibility index (Phi) is 4.19. The molecule has 0 fully saturated rings. The normalized spacial score (nSPS) is 14.1. The van der Waals surface area contributed by atoms with Crippen molar-refractivity contribution >= 4 is 0 Å². The van der Waals surface area contributed by atoms with Crippen LogP contribution in [0.5, 0.6) is 0 Å². The van der Waals surface area contributed by atoms with Crippen molar-refractivity contribution in [3.8, 4) is 0 Å². The van der Waals surface area contributed by atoms with E-state index in [0.717, 1.165) is 18.5 Å². The fourth-order valence-electron chi connectivity index (χ4n) is 1.29. The highest BCUT2D eigenvalue weighted by atomic mass is 16.5. The molecular weight excluding hydrogens is 194 g/mol. The van der Waals surface area contributed by atoms with Gasteiger partial charge in [-0.15, -0.1) is 0 Å². The Morgan fingerprint density at radius 1 is 1.67 bits per heavy atom. The molecule has 0 amide bonds. The van der Waals surface area contributed by atoms with E-state index in [0.29, 0.717) is 0 Å². The van der Waals surface area contributed by atoms with Crippen LogP contribution in [0.3, 0.4) is 0 Å². The lowest BCUT2D eigenvalue weighted by molar-refractivity contribution is 0.0116. The second kappa shape index (κ2) is 5.20. The van der Waals surface area contributed by atoms with Crippen LogP contribution in [0, 0.1) is 0 Å². The number of rotatable bonds is 6. The van der Waals surface area contributed by atoms with Crippen molar-refractivity contribution in [3.05, 3.63) is 11.9 Å². The molecule has 1 heterocycles. The summed E-state index contributed by atoms with van der Waals surface area (Å²) in [5.41, 5.74) is 3.41. The molecule has 0 aliphatic heterocycles. The lowest BCUT2D eigenvalue weighted by atomic mass is 9.98. The average molecular weight is 213 g/mol. The first-order chi connectivity index (χ1) is 7.09. The summed E-state index contributed by atoms with van der Waals surface area (Å²) in [5.74, 6) is 5.46. The molecule has 1 atom stereocenters. The highest BCUT2D eigenvalue weighted by Crippen LogP contribution is 2.22. The first-order valence-corrected chi connectivity index (χ1v) is 4.96. The number of methoxy groups -OCH3 is 1. The average Bonchev–Trinajstić information content (AvgIpc) is 2.72. The SMILES string of the molecule is COC(C)(C)CCC(NN)c1cn[nH]n1. The summed E-state index contributed by atoms with van der Waals surface area (Å²) < 4.78 is 5.34. The topological polar surface area (TPSA) is 88.9 Å². The molecule has 4 N–H and O–H groups in total. The summed E-state index contributed by atoms with van der Waals surface area (Å²) in [5, 5.41) is 10.3. The van der Waals surface area contributed by atoms with Gasteiger partial charge >= 0.3 is 0 Å². The van der Waals surface area contributed by atoms with Crippen LogP contribution in [-0.4, -0.2) is 28.1 Å². The van der Waals surface area contributed by atoms with Crippen molar-refractivity contribution in [2.24, 2.45) is 5.84 Å². The maximum Gasteiger partial charge on any atom is 0.101 e. The quantitative estimate of drug-likeness (QED) is 0.473. The van der Waals surface area contributed by atoms with Crippen LogP contribution in [0.25, 0.3) is 0 Å². The van der Waals surface area contributed by atoms with Crippen molar-refractivity contribution in [3.63, 3.8) is 0 Å². The number of hydrogen-bond acceptors (Lipinski definition) is 5. The van der Waals surface area contributed by atoms with Crippen LogP contribution in [-0.2, 0) is 4.74 Å². The monoisotopic (exact) mass is 213 g/mol. The molecule has 1 aromatic heterocycles. The fourth-order valence-corrected chi connectivity index (χ4v) is 1.29. The molecule has 1 rings (SSSR count). The van der Waals surface area contributed by atoms with Gasteiger partial charge in [-0.05, 0) is 26.7 Å². The molecule has 6 nitrogen and oxygen atoms in total. The number of nitrogens with one attached hydrogen (secondary N) is 2. The van der Waals surface area contributed by atoms with Gasteiger partial charge in [0.05, 0.1) is 17.8 Å². The first-order valence-electron chi connectivity index (χ1n) is 4.96. The second-order valence-corrected chi connectivity index (χ2v) is 4.12. The first kappa shape index (κ1) is 12.1. The summed E-state index contributed by atoms with van der Waals surface area (Å²) >= 11 is 0. The Balaban J connectivity index is 2.49. The number of hydrazine groups is 1. The van der Waals surface area contributed by atoms with E-state index < -0.39 is 0 Å². The van der Waals surface area contributed by atoms with Gasteiger partial charge in [-0.1, -0.05) is 0 Å². The molecule has 0 saturated carbocycles. The lowest BCUT2D eigenvalue weighted by Gasteiger charge is -2.24. The van der Waals surface area contributed by atoms with Crippen LogP contribution >= 0.6 is 0 Å². The minimum absolute atomic E-state index is 0.0122. The van der Waals surface area contributed by atoms with E-state index >= 15 is 0 Å². The molecule has 0 spiro atoms. The highest BCUT2D eigenvalue weighted by molar-refractivity contribution is 4.99. The van der Waals surface area contributed by atoms with E-state index in [1.165, 1.54) is 0 Å². The molecule has 1 aromatic rings. The standard InChI is InChI=1S/C9H19N5O/c1-9(2,15-3)5-4-7(12-10)8-6-11-14-13-8/h6-7,12H,4-5,10H2,1-3H3,(H,11,13,14). The molecule has 0 bridgehead atoms. The van der Waals surface area contributed by atoms with Crippen molar-refractivity contribution < 1.29 is 4.74 Å². The third kappa shape index (κ3) is 3.58. The van der Waals surface area contributed by atoms with Gasteiger partial charge in [0.1, 0.15) is 5.69 Å². The molecule has 1 unspecified atom stereocenters. The van der Waals surface area contributed by atoms with Crippen LogP contribution in [0.15, 0.2) is 6.20 Å². The predicted molar refractivity (Wildman–Crippen MR) is 56.8 cm³/mol. The van der Waals surface area contributed by atoms with Gasteiger partial charge in [0.25, 0.3) is 0 Å². The van der Waals surface area contributed by atoms with Gasteiger partial charge in [0.15, 0.2) is 0 Å². The zero-order chi connectivity index (χ0) is 11.3.